The summed E-state index contributed by atoms with van der Waals surface area (Å²) in [5.74, 6) is -0.391. The summed E-state index contributed by atoms with van der Waals surface area (Å²) in [6.07, 6.45) is 2.64. The number of benzene rings is 1. The molecule has 7 nitrogen and oxygen atoms in total. The number of likely N-dealkylation sites (tertiary alicyclic amines) is 1. The number of anilines is 1. The number of hydrogen-bond donors (Lipinski definition) is 2. The van der Waals surface area contributed by atoms with Crippen LogP contribution in [0.5, 0.6) is 0 Å². The quantitative estimate of drug-likeness (QED) is 0.765. The summed E-state index contributed by atoms with van der Waals surface area (Å²) in [5, 5.41) is 0. The normalized spacial score (nSPS) is 17.5. The van der Waals surface area contributed by atoms with E-state index in [1.165, 1.54) is 4.57 Å². The van der Waals surface area contributed by atoms with E-state index in [0.29, 0.717) is 13.0 Å². The van der Waals surface area contributed by atoms with Gasteiger partial charge in [-0.05, 0) is 31.4 Å². The number of H-pyrrole nitrogens is 1. The molecule has 2 heterocycles. The molecule has 0 spiro atoms. The number of nitrogens with two attached hydrogens (primary N) is 1. The second-order valence-electron chi connectivity index (χ2n) is 6.63. The van der Waals surface area contributed by atoms with Crippen LogP contribution in [0.25, 0.3) is 0 Å². The monoisotopic (exact) mass is 356 g/mol. The Kier molecular flexibility index (Phi) is 5.37. The molecule has 0 amide bonds. The molecule has 7 heteroatoms. The van der Waals surface area contributed by atoms with Gasteiger partial charge in [0.1, 0.15) is 11.4 Å². The second-order valence-corrected chi connectivity index (χ2v) is 6.63. The van der Waals surface area contributed by atoms with Crippen LogP contribution in [0.2, 0.25) is 0 Å². The predicted molar refractivity (Wildman–Crippen MR) is 100 cm³/mol. The maximum Gasteiger partial charge on any atom is 0.329 e. The third kappa shape index (κ3) is 3.48. The summed E-state index contributed by atoms with van der Waals surface area (Å²) >= 11 is 0. The Bertz CT molecular complexity index is 901. The molecule has 138 valence electrons. The number of carbonyl (C=O) groups is 1. The Hall–Kier alpha value is -2.67. The van der Waals surface area contributed by atoms with E-state index in [1.807, 2.05) is 25.1 Å². The van der Waals surface area contributed by atoms with Crippen LogP contribution in [0.3, 0.4) is 0 Å². The lowest BCUT2D eigenvalue weighted by molar-refractivity contribution is 0.0920. The molecule has 1 saturated heterocycles. The second kappa shape index (κ2) is 7.70. The zero-order valence-electron chi connectivity index (χ0n) is 14.9. The van der Waals surface area contributed by atoms with Gasteiger partial charge in [0.25, 0.3) is 5.56 Å². The van der Waals surface area contributed by atoms with Gasteiger partial charge in [0.05, 0.1) is 6.54 Å². The fourth-order valence-corrected chi connectivity index (χ4v) is 3.63. The largest absolute Gasteiger partial charge is 0.384 e. The molecule has 1 atom stereocenters. The molecule has 3 N–H and O–H groups in total. The Balaban J connectivity index is 1.87. The fourth-order valence-electron chi connectivity index (χ4n) is 3.63. The van der Waals surface area contributed by atoms with Crippen LogP contribution in [0, 0.1) is 0 Å². The van der Waals surface area contributed by atoms with Crippen LogP contribution < -0.4 is 17.0 Å². The molecule has 1 aliphatic heterocycles. The van der Waals surface area contributed by atoms with Gasteiger partial charge < -0.3 is 5.73 Å². The number of nitrogens with zero attached hydrogens (tertiary/aromatic N) is 2. The zero-order chi connectivity index (χ0) is 18.7. The fraction of sp³-hybridized carbons (Fsp3) is 0.421. The highest BCUT2D eigenvalue weighted by atomic mass is 16.2. The minimum absolute atomic E-state index is 0.0407. The lowest BCUT2D eigenvalue weighted by Gasteiger charge is -2.24. The number of nitrogens with one attached hydrogen (secondary N) is 1. The van der Waals surface area contributed by atoms with Gasteiger partial charge in [-0.25, -0.2) is 4.79 Å². The first-order chi connectivity index (χ1) is 12.5. The molecule has 0 bridgehead atoms. The van der Waals surface area contributed by atoms with E-state index >= 15 is 0 Å². The molecular weight excluding hydrogens is 332 g/mol. The Morgan fingerprint density at radius 2 is 2.00 bits per heavy atom. The van der Waals surface area contributed by atoms with Crippen molar-refractivity contribution < 1.29 is 4.79 Å². The first-order valence-corrected chi connectivity index (χ1v) is 8.97. The van der Waals surface area contributed by atoms with E-state index in [1.54, 1.807) is 0 Å². The molecule has 0 radical (unpaired) electrons. The van der Waals surface area contributed by atoms with Crippen molar-refractivity contribution in [3.8, 4) is 0 Å². The lowest BCUT2D eigenvalue weighted by atomic mass is 10.0. The summed E-state index contributed by atoms with van der Waals surface area (Å²) in [4.78, 5) is 41.2. The van der Waals surface area contributed by atoms with E-state index in [-0.39, 0.29) is 29.8 Å². The molecule has 2 aromatic rings. The van der Waals surface area contributed by atoms with Crippen LogP contribution in [0.1, 0.15) is 48.1 Å². The predicted octanol–water partition coefficient (Wildman–Crippen LogP) is 1.55. The van der Waals surface area contributed by atoms with Gasteiger partial charge in [-0.3, -0.25) is 24.0 Å². The minimum Gasteiger partial charge on any atom is -0.384 e. The highest BCUT2D eigenvalue weighted by Crippen LogP contribution is 2.31. The van der Waals surface area contributed by atoms with Crippen LogP contribution in [0.4, 0.5) is 5.82 Å². The number of hydrogen-bond acceptors (Lipinski definition) is 5. The molecular formula is C19H24N4O3. The van der Waals surface area contributed by atoms with Gasteiger partial charge in [0.2, 0.25) is 0 Å². The average molecular weight is 356 g/mol. The number of aromatic amines is 1. The number of rotatable bonds is 6. The molecule has 1 aromatic heterocycles. The van der Waals surface area contributed by atoms with Crippen molar-refractivity contribution in [1.29, 1.82) is 0 Å². The van der Waals surface area contributed by atoms with E-state index in [9.17, 15) is 14.4 Å². The van der Waals surface area contributed by atoms with Crippen molar-refractivity contribution in [2.24, 2.45) is 0 Å². The summed E-state index contributed by atoms with van der Waals surface area (Å²) in [7, 11) is 0. The van der Waals surface area contributed by atoms with Crippen LogP contribution >= 0.6 is 0 Å². The highest BCUT2D eigenvalue weighted by molar-refractivity contribution is 6.01. The van der Waals surface area contributed by atoms with Gasteiger partial charge in [-0.2, -0.15) is 0 Å². The first kappa shape index (κ1) is 18.1. The van der Waals surface area contributed by atoms with Gasteiger partial charge in [0.15, 0.2) is 5.78 Å². The smallest absolute Gasteiger partial charge is 0.329 e. The van der Waals surface area contributed by atoms with Crippen molar-refractivity contribution in [2.75, 3.05) is 18.8 Å². The topological polar surface area (TPSA) is 101 Å². The number of aromatic nitrogens is 2. The Morgan fingerprint density at radius 1 is 1.27 bits per heavy atom. The molecule has 1 aliphatic rings. The zero-order valence-corrected chi connectivity index (χ0v) is 14.9. The summed E-state index contributed by atoms with van der Waals surface area (Å²) in [6.45, 7) is 3.15. The number of Topliss-reactive ketones (excluding diaryl/α,β-unsaturated/α-hetero) is 1. The maximum absolute atomic E-state index is 12.8. The Labute approximate surface area is 151 Å². The first-order valence-electron chi connectivity index (χ1n) is 8.97. The van der Waals surface area contributed by atoms with Crippen LogP contribution in [-0.4, -0.2) is 33.3 Å². The van der Waals surface area contributed by atoms with Gasteiger partial charge >= 0.3 is 5.69 Å². The van der Waals surface area contributed by atoms with E-state index in [2.05, 4.69) is 22.0 Å². The molecule has 1 aromatic carbocycles. The third-order valence-corrected chi connectivity index (χ3v) is 4.86. The van der Waals surface area contributed by atoms with Gasteiger partial charge in [-0.1, -0.05) is 37.3 Å². The lowest BCUT2D eigenvalue weighted by Crippen LogP contribution is -2.39. The van der Waals surface area contributed by atoms with Gasteiger partial charge in [-0.15, -0.1) is 0 Å². The van der Waals surface area contributed by atoms with Crippen molar-refractivity contribution in [3.05, 3.63) is 62.3 Å². The molecule has 0 aliphatic carbocycles. The van der Waals surface area contributed by atoms with Gasteiger partial charge in [0, 0.05) is 12.6 Å². The molecule has 1 fully saturated rings. The van der Waals surface area contributed by atoms with Crippen molar-refractivity contribution in [1.82, 2.24) is 14.5 Å². The minimum atomic E-state index is -0.708. The summed E-state index contributed by atoms with van der Waals surface area (Å²) in [5.41, 5.74) is 5.76. The van der Waals surface area contributed by atoms with Crippen molar-refractivity contribution in [2.45, 2.75) is 38.8 Å². The SMILES string of the molecule is CCCn1c(N)c(C(=O)CN2CCCC2c2ccccc2)c(=O)[nH]c1=O. The average Bonchev–Trinajstić information content (AvgIpc) is 3.07. The molecule has 1 unspecified atom stereocenters. The summed E-state index contributed by atoms with van der Waals surface area (Å²) < 4.78 is 1.26. The molecule has 3 rings (SSSR count). The third-order valence-electron chi connectivity index (χ3n) is 4.86. The van der Waals surface area contributed by atoms with Crippen molar-refractivity contribution >= 4 is 11.6 Å². The van der Waals surface area contributed by atoms with E-state index in [0.717, 1.165) is 24.9 Å². The molecule has 26 heavy (non-hydrogen) atoms. The summed E-state index contributed by atoms with van der Waals surface area (Å²) in [6, 6.07) is 10.2. The number of nitrogen functional groups attached to an aromatic ring is 1. The Morgan fingerprint density at radius 3 is 2.69 bits per heavy atom. The van der Waals surface area contributed by atoms with Crippen LogP contribution in [-0.2, 0) is 6.54 Å². The van der Waals surface area contributed by atoms with Crippen LogP contribution in [0.15, 0.2) is 39.9 Å². The van der Waals surface area contributed by atoms with E-state index in [4.69, 9.17) is 5.73 Å². The van der Waals surface area contributed by atoms with Crippen molar-refractivity contribution in [3.63, 3.8) is 0 Å². The van der Waals surface area contributed by atoms with E-state index < -0.39 is 11.2 Å². The maximum atomic E-state index is 12.8. The standard InChI is InChI=1S/C19H24N4O3/c1-2-10-23-17(20)16(18(25)21-19(23)26)15(24)12-22-11-6-9-14(22)13-7-4-3-5-8-13/h3-5,7-8,14H,2,6,9-12,20H2,1H3,(H,21,25,26). The highest BCUT2D eigenvalue weighted by Gasteiger charge is 2.29. The molecule has 0 saturated carbocycles. The number of carbonyl (C=O) groups excluding carboxylic acids is 1. The number of ketones is 1.